The van der Waals surface area contributed by atoms with Gasteiger partial charge in [-0.25, -0.2) is 0 Å². The lowest BCUT2D eigenvalue weighted by atomic mass is 10.1. The van der Waals surface area contributed by atoms with Crippen LogP contribution < -0.4 is 10.6 Å². The topological polar surface area (TPSA) is 61.4 Å². The van der Waals surface area contributed by atoms with Crippen LogP contribution in [0.4, 0.5) is 0 Å². The fourth-order valence-corrected chi connectivity index (χ4v) is 3.28. The van der Waals surface area contributed by atoms with Crippen LogP contribution in [-0.2, 0) is 4.79 Å². The molecule has 0 aromatic heterocycles. The van der Waals surface area contributed by atoms with E-state index in [2.05, 4.69) is 10.6 Å². The number of nitrogens with one attached hydrogen (secondary N) is 2. The van der Waals surface area contributed by atoms with Crippen LogP contribution in [0.1, 0.15) is 19.3 Å². The zero-order valence-corrected chi connectivity index (χ0v) is 10.3. The molecule has 92 valence electrons. The SMILES string of the molecule is O=C(NCC1CCCC1O)C1CSCCN1. The number of rotatable bonds is 3. The summed E-state index contributed by atoms with van der Waals surface area (Å²) in [6, 6.07) is -0.0442. The first-order valence-corrected chi connectivity index (χ1v) is 7.20. The lowest BCUT2D eigenvalue weighted by Crippen LogP contribution is -2.50. The Morgan fingerprint density at radius 2 is 2.38 bits per heavy atom. The Morgan fingerprint density at radius 3 is 3.00 bits per heavy atom. The Labute approximate surface area is 101 Å². The van der Waals surface area contributed by atoms with Crippen molar-refractivity contribution in [1.29, 1.82) is 0 Å². The van der Waals surface area contributed by atoms with Crippen molar-refractivity contribution in [2.24, 2.45) is 5.92 Å². The monoisotopic (exact) mass is 244 g/mol. The van der Waals surface area contributed by atoms with Crippen molar-refractivity contribution in [3.05, 3.63) is 0 Å². The Kier molecular flexibility index (Phi) is 4.49. The third-order valence-corrected chi connectivity index (χ3v) is 4.46. The predicted molar refractivity (Wildman–Crippen MR) is 65.5 cm³/mol. The number of carbonyl (C=O) groups excluding carboxylic acids is 1. The van der Waals surface area contributed by atoms with E-state index in [1.54, 1.807) is 0 Å². The summed E-state index contributed by atoms with van der Waals surface area (Å²) in [6.07, 6.45) is 2.79. The molecule has 1 aliphatic heterocycles. The number of hydrogen-bond acceptors (Lipinski definition) is 4. The fourth-order valence-electron chi connectivity index (χ4n) is 2.34. The van der Waals surface area contributed by atoms with Crippen molar-refractivity contribution in [2.75, 3.05) is 24.6 Å². The molecular weight excluding hydrogens is 224 g/mol. The maximum Gasteiger partial charge on any atom is 0.238 e. The molecule has 16 heavy (non-hydrogen) atoms. The molecule has 4 nitrogen and oxygen atoms in total. The van der Waals surface area contributed by atoms with Crippen LogP contribution in [0.25, 0.3) is 0 Å². The van der Waals surface area contributed by atoms with Crippen LogP contribution in [0, 0.1) is 5.92 Å². The van der Waals surface area contributed by atoms with E-state index in [-0.39, 0.29) is 24.0 Å². The van der Waals surface area contributed by atoms with Gasteiger partial charge >= 0.3 is 0 Å². The minimum Gasteiger partial charge on any atom is -0.393 e. The molecule has 1 heterocycles. The van der Waals surface area contributed by atoms with Gasteiger partial charge in [-0.2, -0.15) is 11.8 Å². The third-order valence-electron chi connectivity index (χ3n) is 3.40. The molecule has 3 atom stereocenters. The summed E-state index contributed by atoms with van der Waals surface area (Å²) in [4.78, 5) is 11.8. The highest BCUT2D eigenvalue weighted by Crippen LogP contribution is 2.24. The summed E-state index contributed by atoms with van der Waals surface area (Å²) in [6.45, 7) is 1.54. The first-order valence-electron chi connectivity index (χ1n) is 6.04. The van der Waals surface area contributed by atoms with E-state index in [0.29, 0.717) is 6.54 Å². The Hall–Kier alpha value is -0.260. The van der Waals surface area contributed by atoms with Crippen LogP contribution >= 0.6 is 11.8 Å². The molecule has 1 aliphatic carbocycles. The van der Waals surface area contributed by atoms with Gasteiger partial charge in [0.1, 0.15) is 0 Å². The van der Waals surface area contributed by atoms with Crippen LogP contribution in [0.3, 0.4) is 0 Å². The smallest absolute Gasteiger partial charge is 0.238 e. The zero-order valence-electron chi connectivity index (χ0n) is 9.45. The van der Waals surface area contributed by atoms with E-state index >= 15 is 0 Å². The van der Waals surface area contributed by atoms with Crippen molar-refractivity contribution >= 4 is 17.7 Å². The fraction of sp³-hybridized carbons (Fsp3) is 0.909. The van der Waals surface area contributed by atoms with Crippen LogP contribution in [0.15, 0.2) is 0 Å². The molecule has 5 heteroatoms. The molecule has 2 aliphatic rings. The Morgan fingerprint density at radius 1 is 1.50 bits per heavy atom. The molecule has 0 bridgehead atoms. The van der Waals surface area contributed by atoms with E-state index in [4.69, 9.17) is 0 Å². The van der Waals surface area contributed by atoms with Gasteiger partial charge in [-0.05, 0) is 12.8 Å². The summed E-state index contributed by atoms with van der Waals surface area (Å²) in [5.41, 5.74) is 0. The quantitative estimate of drug-likeness (QED) is 0.652. The predicted octanol–water partition coefficient (Wildman–Crippen LogP) is -0.0314. The van der Waals surface area contributed by atoms with Crippen molar-refractivity contribution in [2.45, 2.75) is 31.4 Å². The van der Waals surface area contributed by atoms with E-state index < -0.39 is 0 Å². The van der Waals surface area contributed by atoms with Gasteiger partial charge in [0.25, 0.3) is 0 Å². The van der Waals surface area contributed by atoms with Gasteiger partial charge in [-0.15, -0.1) is 0 Å². The van der Waals surface area contributed by atoms with E-state index in [1.807, 2.05) is 11.8 Å². The average Bonchev–Trinajstić information content (AvgIpc) is 2.73. The number of hydrogen-bond donors (Lipinski definition) is 3. The van der Waals surface area contributed by atoms with Gasteiger partial charge in [0.15, 0.2) is 0 Å². The maximum absolute atomic E-state index is 11.8. The zero-order chi connectivity index (χ0) is 11.4. The molecule has 2 fully saturated rings. The maximum atomic E-state index is 11.8. The molecule has 1 saturated carbocycles. The highest BCUT2D eigenvalue weighted by Gasteiger charge is 2.27. The molecule has 1 saturated heterocycles. The first-order chi connectivity index (χ1) is 7.77. The first kappa shape index (κ1) is 12.2. The van der Waals surface area contributed by atoms with Gasteiger partial charge in [-0.1, -0.05) is 6.42 Å². The van der Waals surface area contributed by atoms with Gasteiger partial charge in [0, 0.05) is 30.5 Å². The standard InChI is InChI=1S/C11H20N2O2S/c14-10-3-1-2-8(10)6-13-11(15)9-7-16-5-4-12-9/h8-10,12,14H,1-7H2,(H,13,15). The summed E-state index contributed by atoms with van der Waals surface area (Å²) in [7, 11) is 0. The molecule has 0 spiro atoms. The number of aliphatic hydroxyl groups excluding tert-OH is 1. The van der Waals surface area contributed by atoms with Crippen molar-refractivity contribution in [3.8, 4) is 0 Å². The normalized spacial score (nSPS) is 34.9. The summed E-state index contributed by atoms with van der Waals surface area (Å²) in [5, 5.41) is 15.8. The highest BCUT2D eigenvalue weighted by molar-refractivity contribution is 7.99. The minimum atomic E-state index is -0.214. The van der Waals surface area contributed by atoms with Crippen molar-refractivity contribution in [1.82, 2.24) is 10.6 Å². The third kappa shape index (κ3) is 3.12. The van der Waals surface area contributed by atoms with E-state index in [0.717, 1.165) is 37.3 Å². The van der Waals surface area contributed by atoms with Gasteiger partial charge < -0.3 is 15.7 Å². The average molecular weight is 244 g/mol. The molecule has 3 unspecified atom stereocenters. The molecule has 2 rings (SSSR count). The van der Waals surface area contributed by atoms with Gasteiger partial charge in [0.05, 0.1) is 12.1 Å². The van der Waals surface area contributed by atoms with Crippen LogP contribution in [0.5, 0.6) is 0 Å². The number of carbonyl (C=O) groups is 1. The number of amides is 1. The van der Waals surface area contributed by atoms with Crippen LogP contribution in [-0.4, -0.2) is 47.8 Å². The Balaban J connectivity index is 1.70. The molecule has 1 amide bonds. The second-order valence-corrected chi connectivity index (χ2v) is 5.73. The number of aliphatic hydroxyl groups is 1. The highest BCUT2D eigenvalue weighted by atomic mass is 32.2. The van der Waals surface area contributed by atoms with Crippen molar-refractivity contribution in [3.63, 3.8) is 0 Å². The van der Waals surface area contributed by atoms with Gasteiger partial charge in [0.2, 0.25) is 5.91 Å². The number of thioether (sulfide) groups is 1. The summed E-state index contributed by atoms with van der Waals surface area (Å²) in [5.74, 6) is 2.30. The van der Waals surface area contributed by atoms with Crippen molar-refractivity contribution < 1.29 is 9.90 Å². The van der Waals surface area contributed by atoms with E-state index in [1.165, 1.54) is 0 Å². The summed E-state index contributed by atoms with van der Waals surface area (Å²) >= 11 is 1.82. The minimum absolute atomic E-state index is 0.0442. The molecule has 3 N–H and O–H groups in total. The second-order valence-electron chi connectivity index (χ2n) is 4.59. The molecule has 0 aromatic carbocycles. The molecular formula is C11H20N2O2S. The molecule has 0 aromatic rings. The van der Waals surface area contributed by atoms with Gasteiger partial charge in [-0.3, -0.25) is 4.79 Å². The second kappa shape index (κ2) is 5.89. The van der Waals surface area contributed by atoms with E-state index in [9.17, 15) is 9.90 Å². The van der Waals surface area contributed by atoms with Crippen LogP contribution in [0.2, 0.25) is 0 Å². The lowest BCUT2D eigenvalue weighted by molar-refractivity contribution is -0.122. The Bertz CT molecular complexity index is 244. The lowest BCUT2D eigenvalue weighted by Gasteiger charge is -2.23. The largest absolute Gasteiger partial charge is 0.393 e. The molecule has 0 radical (unpaired) electrons. The summed E-state index contributed by atoms with van der Waals surface area (Å²) < 4.78 is 0.